The number of carbonyl (C=O) groups is 1. The minimum atomic E-state index is 0.263. The topological polar surface area (TPSA) is 51.0 Å². The van der Waals surface area contributed by atoms with E-state index in [1.54, 1.807) is 6.20 Å². The average molecular weight is 389 g/mol. The molecule has 3 heterocycles. The van der Waals surface area contributed by atoms with Crippen molar-refractivity contribution in [3.05, 3.63) is 72.3 Å². The van der Waals surface area contributed by atoms with E-state index in [-0.39, 0.29) is 11.9 Å². The van der Waals surface area contributed by atoms with E-state index in [4.69, 9.17) is 0 Å². The van der Waals surface area contributed by atoms with Gasteiger partial charge in [0.1, 0.15) is 5.82 Å². The van der Waals surface area contributed by atoms with Gasteiger partial charge in [0.05, 0.1) is 6.04 Å². The molecule has 0 spiro atoms. The normalized spacial score (nSPS) is 16.7. The number of hydrogen-bond acceptors (Lipinski definition) is 3. The molecule has 4 rings (SSSR count). The molecule has 1 fully saturated rings. The van der Waals surface area contributed by atoms with Crippen molar-refractivity contribution >= 4 is 5.91 Å². The lowest BCUT2D eigenvalue weighted by Crippen LogP contribution is -2.41. The summed E-state index contributed by atoms with van der Waals surface area (Å²) in [5.41, 5.74) is 3.45. The lowest BCUT2D eigenvalue weighted by molar-refractivity contribution is -0.132. The Morgan fingerprint density at radius 2 is 2.00 bits per heavy atom. The smallest absolute Gasteiger partial charge is 0.222 e. The summed E-state index contributed by atoms with van der Waals surface area (Å²) in [6, 6.07) is 14.6. The third-order valence-electron chi connectivity index (χ3n) is 5.71. The van der Waals surface area contributed by atoms with Crippen molar-refractivity contribution in [1.29, 1.82) is 0 Å². The van der Waals surface area contributed by atoms with Gasteiger partial charge in [0.25, 0.3) is 0 Å². The van der Waals surface area contributed by atoms with Crippen LogP contribution in [0.3, 0.4) is 0 Å². The molecule has 0 N–H and O–H groups in total. The van der Waals surface area contributed by atoms with Gasteiger partial charge in [0, 0.05) is 49.4 Å². The van der Waals surface area contributed by atoms with Crippen LogP contribution < -0.4 is 0 Å². The number of hydrogen-bond donors (Lipinski definition) is 0. The zero-order valence-electron chi connectivity index (χ0n) is 17.0. The number of aromatic nitrogens is 3. The molecule has 1 aromatic carbocycles. The maximum absolute atomic E-state index is 12.8. The van der Waals surface area contributed by atoms with Crippen LogP contribution in [-0.4, -0.2) is 38.4 Å². The van der Waals surface area contributed by atoms with Gasteiger partial charge in [0.15, 0.2) is 0 Å². The molecule has 0 bridgehead atoms. The molecule has 0 saturated carbocycles. The Morgan fingerprint density at radius 3 is 2.79 bits per heavy atom. The van der Waals surface area contributed by atoms with Gasteiger partial charge in [-0.1, -0.05) is 30.3 Å². The molecule has 1 aliphatic heterocycles. The Bertz CT molecular complexity index is 936. The summed E-state index contributed by atoms with van der Waals surface area (Å²) in [6.07, 6.45) is 10.1. The molecule has 0 radical (unpaired) electrons. The standard InChI is InChI=1S/C24H28N4O/c1-19-16-26-24(21-11-6-14-25-17-21)28(19)22-12-7-15-27(18-22)23(29)13-5-10-20-8-3-2-4-9-20/h2-4,6,8-9,11,14,16-17,22H,5,7,10,12-13,15,18H2,1H3. The number of benzene rings is 1. The molecule has 150 valence electrons. The minimum Gasteiger partial charge on any atom is -0.341 e. The summed E-state index contributed by atoms with van der Waals surface area (Å²) < 4.78 is 2.29. The molecule has 2 aromatic heterocycles. The fourth-order valence-electron chi connectivity index (χ4n) is 4.25. The number of likely N-dealkylation sites (tertiary alicyclic amines) is 1. The van der Waals surface area contributed by atoms with Crippen molar-refractivity contribution in [2.45, 2.75) is 45.1 Å². The monoisotopic (exact) mass is 388 g/mol. The fourth-order valence-corrected chi connectivity index (χ4v) is 4.25. The molecule has 5 heteroatoms. The lowest BCUT2D eigenvalue weighted by atomic mass is 10.0. The maximum Gasteiger partial charge on any atom is 0.222 e. The second-order valence-corrected chi connectivity index (χ2v) is 7.81. The Kier molecular flexibility index (Phi) is 6.03. The minimum absolute atomic E-state index is 0.263. The summed E-state index contributed by atoms with van der Waals surface area (Å²) in [5, 5.41) is 0. The maximum atomic E-state index is 12.8. The number of rotatable bonds is 6. The van der Waals surface area contributed by atoms with Crippen LogP contribution in [0.5, 0.6) is 0 Å². The second kappa shape index (κ2) is 9.03. The van der Waals surface area contributed by atoms with Crippen molar-refractivity contribution < 1.29 is 4.79 Å². The van der Waals surface area contributed by atoms with Crippen molar-refractivity contribution in [2.75, 3.05) is 13.1 Å². The predicted octanol–water partition coefficient (Wildman–Crippen LogP) is 4.44. The zero-order valence-corrected chi connectivity index (χ0v) is 17.0. The van der Waals surface area contributed by atoms with Gasteiger partial charge in [-0.05, 0) is 50.3 Å². The summed E-state index contributed by atoms with van der Waals surface area (Å²) in [7, 11) is 0. The van der Waals surface area contributed by atoms with E-state index < -0.39 is 0 Å². The van der Waals surface area contributed by atoms with Gasteiger partial charge in [-0.3, -0.25) is 9.78 Å². The van der Waals surface area contributed by atoms with Crippen LogP contribution in [0.2, 0.25) is 0 Å². The van der Waals surface area contributed by atoms with E-state index in [9.17, 15) is 4.79 Å². The van der Waals surface area contributed by atoms with Crippen LogP contribution in [0.1, 0.15) is 43.0 Å². The van der Waals surface area contributed by atoms with Crippen LogP contribution in [0.4, 0.5) is 0 Å². The van der Waals surface area contributed by atoms with Gasteiger partial charge < -0.3 is 9.47 Å². The quantitative estimate of drug-likeness (QED) is 0.627. The predicted molar refractivity (Wildman–Crippen MR) is 114 cm³/mol. The Balaban J connectivity index is 1.41. The van der Waals surface area contributed by atoms with Crippen LogP contribution >= 0.6 is 0 Å². The first-order chi connectivity index (χ1) is 14.2. The highest BCUT2D eigenvalue weighted by atomic mass is 16.2. The number of carbonyl (C=O) groups excluding carboxylic acids is 1. The molecule has 3 aromatic rings. The molecule has 1 saturated heterocycles. The van der Waals surface area contributed by atoms with Crippen molar-refractivity contribution in [3.63, 3.8) is 0 Å². The number of nitrogens with zero attached hydrogens (tertiary/aromatic N) is 4. The summed E-state index contributed by atoms with van der Waals surface area (Å²) in [6.45, 7) is 3.71. The van der Waals surface area contributed by atoms with Crippen LogP contribution in [0.25, 0.3) is 11.4 Å². The number of imidazole rings is 1. The first kappa shape index (κ1) is 19.4. The molecule has 1 atom stereocenters. The highest BCUT2D eigenvalue weighted by Gasteiger charge is 2.27. The van der Waals surface area contributed by atoms with E-state index in [2.05, 4.69) is 45.7 Å². The summed E-state index contributed by atoms with van der Waals surface area (Å²) in [5.74, 6) is 1.21. The second-order valence-electron chi connectivity index (χ2n) is 7.81. The van der Waals surface area contributed by atoms with Crippen LogP contribution in [0, 0.1) is 6.92 Å². The fraction of sp³-hybridized carbons (Fsp3) is 0.375. The third kappa shape index (κ3) is 4.56. The largest absolute Gasteiger partial charge is 0.341 e. The molecule has 5 nitrogen and oxygen atoms in total. The van der Waals surface area contributed by atoms with Crippen LogP contribution in [0.15, 0.2) is 61.1 Å². The van der Waals surface area contributed by atoms with E-state index >= 15 is 0 Å². The van der Waals surface area contributed by atoms with Crippen molar-refractivity contribution in [1.82, 2.24) is 19.4 Å². The number of pyridine rings is 1. The molecule has 1 aliphatic rings. The number of amides is 1. The SMILES string of the molecule is Cc1cnc(-c2cccnc2)n1C1CCCN(C(=O)CCCc2ccccc2)C1. The first-order valence-corrected chi connectivity index (χ1v) is 10.5. The molecular weight excluding hydrogens is 360 g/mol. The molecule has 1 amide bonds. The van der Waals surface area contributed by atoms with E-state index in [1.165, 1.54) is 5.56 Å². The van der Waals surface area contributed by atoms with E-state index in [0.29, 0.717) is 6.42 Å². The Hall–Kier alpha value is -2.95. The van der Waals surface area contributed by atoms with Crippen molar-refractivity contribution in [2.24, 2.45) is 0 Å². The van der Waals surface area contributed by atoms with Gasteiger partial charge in [-0.25, -0.2) is 4.98 Å². The van der Waals surface area contributed by atoms with Crippen LogP contribution in [-0.2, 0) is 11.2 Å². The summed E-state index contributed by atoms with van der Waals surface area (Å²) >= 11 is 0. The molecule has 1 unspecified atom stereocenters. The third-order valence-corrected chi connectivity index (χ3v) is 5.71. The number of piperidine rings is 1. The first-order valence-electron chi connectivity index (χ1n) is 10.5. The highest BCUT2D eigenvalue weighted by Crippen LogP contribution is 2.29. The van der Waals surface area contributed by atoms with Gasteiger partial charge in [-0.2, -0.15) is 0 Å². The van der Waals surface area contributed by atoms with E-state index in [0.717, 1.165) is 55.9 Å². The Labute approximate surface area is 172 Å². The highest BCUT2D eigenvalue weighted by molar-refractivity contribution is 5.76. The molecule has 0 aliphatic carbocycles. The average Bonchev–Trinajstić information content (AvgIpc) is 3.16. The Morgan fingerprint density at radius 1 is 1.14 bits per heavy atom. The molecule has 29 heavy (non-hydrogen) atoms. The zero-order chi connectivity index (χ0) is 20.1. The van der Waals surface area contributed by atoms with Gasteiger partial charge in [0.2, 0.25) is 5.91 Å². The van der Waals surface area contributed by atoms with Gasteiger partial charge in [-0.15, -0.1) is 0 Å². The van der Waals surface area contributed by atoms with E-state index in [1.807, 2.05) is 35.5 Å². The lowest BCUT2D eigenvalue weighted by Gasteiger charge is -2.35. The summed E-state index contributed by atoms with van der Waals surface area (Å²) in [4.78, 5) is 23.8. The van der Waals surface area contributed by atoms with Crippen molar-refractivity contribution in [3.8, 4) is 11.4 Å². The molecular formula is C24H28N4O. The van der Waals surface area contributed by atoms with Gasteiger partial charge >= 0.3 is 0 Å². The number of aryl methyl sites for hydroxylation is 2.